The number of carbonyl (C=O) groups excluding carboxylic acids is 1. The Hall–Kier alpha value is -2.76. The molecule has 1 saturated heterocycles. The van der Waals surface area contributed by atoms with E-state index in [0.29, 0.717) is 24.1 Å². The summed E-state index contributed by atoms with van der Waals surface area (Å²) in [6.45, 7) is 7.30. The minimum Gasteiger partial charge on any atom is -0.459 e. The fourth-order valence-electron chi connectivity index (χ4n) is 3.71. The van der Waals surface area contributed by atoms with Crippen LogP contribution in [0.25, 0.3) is 0 Å². The van der Waals surface area contributed by atoms with Gasteiger partial charge in [-0.25, -0.2) is 0 Å². The van der Waals surface area contributed by atoms with Crippen LogP contribution in [0, 0.1) is 11.8 Å². The molecule has 144 valence electrons. The minimum absolute atomic E-state index is 0.253. The third kappa shape index (κ3) is 5.12. The number of hydrogen-bond acceptors (Lipinski definition) is 3. The average molecular weight is 368 g/mol. The van der Waals surface area contributed by atoms with Crippen LogP contribution in [-0.2, 0) is 6.54 Å². The van der Waals surface area contributed by atoms with E-state index < -0.39 is 0 Å². The SMILES string of the molecule is CN=C(NCc1cccc(NC(=O)c2ccco2)c1)N1CC(C)CC(C)C1. The molecular weight excluding hydrogens is 340 g/mol. The van der Waals surface area contributed by atoms with E-state index >= 15 is 0 Å². The summed E-state index contributed by atoms with van der Waals surface area (Å²) in [7, 11) is 1.83. The molecule has 1 amide bonds. The van der Waals surface area contributed by atoms with E-state index in [1.165, 1.54) is 12.7 Å². The number of likely N-dealkylation sites (tertiary alicyclic amines) is 1. The predicted octanol–water partition coefficient (Wildman–Crippen LogP) is 3.59. The maximum Gasteiger partial charge on any atom is 0.291 e. The fourth-order valence-corrected chi connectivity index (χ4v) is 3.71. The van der Waals surface area contributed by atoms with E-state index in [1.807, 2.05) is 31.3 Å². The summed E-state index contributed by atoms with van der Waals surface area (Å²) < 4.78 is 5.13. The molecule has 2 aromatic rings. The van der Waals surface area contributed by atoms with Crippen LogP contribution < -0.4 is 10.6 Å². The molecule has 2 unspecified atom stereocenters. The second kappa shape index (κ2) is 8.75. The van der Waals surface area contributed by atoms with Gasteiger partial charge in [0.25, 0.3) is 5.91 Å². The highest BCUT2D eigenvalue weighted by molar-refractivity contribution is 6.02. The van der Waals surface area contributed by atoms with Crippen molar-refractivity contribution in [2.45, 2.75) is 26.8 Å². The Balaban J connectivity index is 1.59. The monoisotopic (exact) mass is 368 g/mol. The zero-order valence-corrected chi connectivity index (χ0v) is 16.2. The molecule has 1 aromatic carbocycles. The highest BCUT2D eigenvalue weighted by Gasteiger charge is 2.23. The first-order chi connectivity index (χ1) is 13.0. The number of carbonyl (C=O) groups is 1. The molecule has 1 aliphatic rings. The number of anilines is 1. The number of nitrogens with one attached hydrogen (secondary N) is 2. The van der Waals surface area contributed by atoms with E-state index in [9.17, 15) is 4.79 Å². The highest BCUT2D eigenvalue weighted by atomic mass is 16.3. The lowest BCUT2D eigenvalue weighted by Gasteiger charge is -2.37. The Morgan fingerprint density at radius 1 is 1.22 bits per heavy atom. The van der Waals surface area contributed by atoms with Crippen molar-refractivity contribution < 1.29 is 9.21 Å². The van der Waals surface area contributed by atoms with Crippen molar-refractivity contribution in [1.82, 2.24) is 10.2 Å². The molecule has 6 nitrogen and oxygen atoms in total. The lowest BCUT2D eigenvalue weighted by Crippen LogP contribution is -2.48. The summed E-state index contributed by atoms with van der Waals surface area (Å²) in [5.74, 6) is 2.32. The van der Waals surface area contributed by atoms with Crippen molar-refractivity contribution in [1.29, 1.82) is 0 Å². The molecule has 6 heteroatoms. The number of hydrogen-bond donors (Lipinski definition) is 2. The van der Waals surface area contributed by atoms with E-state index in [-0.39, 0.29) is 5.91 Å². The summed E-state index contributed by atoms with van der Waals surface area (Å²) in [5.41, 5.74) is 1.82. The average Bonchev–Trinajstić information content (AvgIpc) is 3.17. The molecule has 2 atom stereocenters. The lowest BCUT2D eigenvalue weighted by atomic mass is 9.92. The second-order valence-corrected chi connectivity index (χ2v) is 7.38. The quantitative estimate of drug-likeness (QED) is 0.639. The molecule has 0 spiro atoms. The van der Waals surface area contributed by atoms with Crippen molar-refractivity contribution in [3.8, 4) is 0 Å². The Labute approximate surface area is 160 Å². The fraction of sp³-hybridized carbons (Fsp3) is 0.429. The van der Waals surface area contributed by atoms with Gasteiger partial charge in [0.15, 0.2) is 11.7 Å². The van der Waals surface area contributed by atoms with Gasteiger partial charge in [-0.15, -0.1) is 0 Å². The molecule has 3 rings (SSSR count). The first-order valence-electron chi connectivity index (χ1n) is 9.44. The van der Waals surface area contributed by atoms with E-state index in [4.69, 9.17) is 4.42 Å². The zero-order valence-electron chi connectivity index (χ0n) is 16.2. The van der Waals surface area contributed by atoms with Crippen molar-refractivity contribution in [3.63, 3.8) is 0 Å². The first-order valence-corrected chi connectivity index (χ1v) is 9.44. The zero-order chi connectivity index (χ0) is 19.2. The van der Waals surface area contributed by atoms with Crippen LogP contribution in [0.15, 0.2) is 52.1 Å². The summed E-state index contributed by atoms with van der Waals surface area (Å²) in [5, 5.41) is 6.31. The number of amides is 1. The van der Waals surface area contributed by atoms with Crippen LogP contribution in [0.3, 0.4) is 0 Å². The van der Waals surface area contributed by atoms with E-state index in [1.54, 1.807) is 12.1 Å². The van der Waals surface area contributed by atoms with Crippen LogP contribution in [-0.4, -0.2) is 36.9 Å². The van der Waals surface area contributed by atoms with E-state index in [0.717, 1.165) is 30.3 Å². The molecule has 0 bridgehead atoms. The van der Waals surface area contributed by atoms with Gasteiger partial charge in [-0.3, -0.25) is 9.79 Å². The van der Waals surface area contributed by atoms with E-state index in [2.05, 4.69) is 34.4 Å². The minimum atomic E-state index is -0.253. The van der Waals surface area contributed by atoms with Crippen molar-refractivity contribution in [2.75, 3.05) is 25.5 Å². The Bertz CT molecular complexity index is 775. The van der Waals surface area contributed by atoms with Gasteiger partial charge in [0.1, 0.15) is 0 Å². The third-order valence-electron chi connectivity index (χ3n) is 4.76. The molecular formula is C21H28N4O2. The summed E-state index contributed by atoms with van der Waals surface area (Å²) in [4.78, 5) is 18.9. The van der Waals surface area contributed by atoms with Crippen LogP contribution in [0.2, 0.25) is 0 Å². The number of piperidine rings is 1. The number of guanidine groups is 1. The second-order valence-electron chi connectivity index (χ2n) is 7.38. The number of rotatable bonds is 4. The summed E-state index contributed by atoms with van der Waals surface area (Å²) in [6.07, 6.45) is 2.76. The Morgan fingerprint density at radius 3 is 2.67 bits per heavy atom. The molecule has 2 heterocycles. The Kier molecular flexibility index (Phi) is 6.16. The Morgan fingerprint density at radius 2 is 2.00 bits per heavy atom. The molecule has 0 aliphatic carbocycles. The normalized spacial score (nSPS) is 20.4. The maximum absolute atomic E-state index is 12.1. The molecule has 1 fully saturated rings. The third-order valence-corrected chi connectivity index (χ3v) is 4.76. The van der Waals surface area contributed by atoms with Crippen molar-refractivity contribution >= 4 is 17.6 Å². The van der Waals surface area contributed by atoms with Gasteiger partial charge in [-0.2, -0.15) is 0 Å². The maximum atomic E-state index is 12.1. The topological polar surface area (TPSA) is 69.9 Å². The van der Waals surface area contributed by atoms with Gasteiger partial charge in [-0.1, -0.05) is 26.0 Å². The number of nitrogens with zero attached hydrogens (tertiary/aromatic N) is 2. The summed E-state index contributed by atoms with van der Waals surface area (Å²) in [6, 6.07) is 11.1. The van der Waals surface area contributed by atoms with Gasteiger partial charge in [0.2, 0.25) is 0 Å². The summed E-state index contributed by atoms with van der Waals surface area (Å²) >= 11 is 0. The van der Waals surface area contributed by atoms with Crippen LogP contribution in [0.4, 0.5) is 5.69 Å². The van der Waals surface area contributed by atoms with Gasteiger partial charge < -0.3 is 20.0 Å². The van der Waals surface area contributed by atoms with Crippen molar-refractivity contribution in [3.05, 3.63) is 54.0 Å². The predicted molar refractivity (Wildman–Crippen MR) is 108 cm³/mol. The molecule has 0 radical (unpaired) electrons. The molecule has 2 N–H and O–H groups in total. The largest absolute Gasteiger partial charge is 0.459 e. The highest BCUT2D eigenvalue weighted by Crippen LogP contribution is 2.21. The number of aliphatic imine (C=N–C) groups is 1. The first kappa shape index (κ1) is 19.0. The van der Waals surface area contributed by atoms with Gasteiger partial charge in [-0.05, 0) is 48.1 Å². The van der Waals surface area contributed by atoms with Crippen molar-refractivity contribution in [2.24, 2.45) is 16.8 Å². The number of benzene rings is 1. The van der Waals surface area contributed by atoms with Gasteiger partial charge in [0, 0.05) is 32.4 Å². The van der Waals surface area contributed by atoms with Crippen LogP contribution >= 0.6 is 0 Å². The smallest absolute Gasteiger partial charge is 0.291 e. The molecule has 0 saturated carbocycles. The molecule has 27 heavy (non-hydrogen) atoms. The number of furan rings is 1. The van der Waals surface area contributed by atoms with Crippen LogP contribution in [0.1, 0.15) is 36.4 Å². The molecule has 1 aromatic heterocycles. The standard InChI is InChI=1S/C21H28N4O2/c1-15-10-16(2)14-25(13-15)21(22-3)23-12-17-6-4-7-18(11-17)24-20(26)19-8-5-9-27-19/h4-9,11,15-16H,10,12-14H2,1-3H3,(H,22,23)(H,24,26). The molecule has 1 aliphatic heterocycles. The lowest BCUT2D eigenvalue weighted by molar-refractivity contribution is 0.0996. The van der Waals surface area contributed by atoms with Gasteiger partial charge in [0.05, 0.1) is 6.26 Å². The van der Waals surface area contributed by atoms with Gasteiger partial charge >= 0.3 is 0 Å². The van der Waals surface area contributed by atoms with Crippen LogP contribution in [0.5, 0.6) is 0 Å².